The number of hydrogen-bond acceptors (Lipinski definition) is 6. The molecule has 0 aromatic heterocycles. The maximum atomic E-state index is 11.2. The SMILES string of the molecule is Cl.Cl.O=[N+]([O-])c1cc([C@@H](C2CCCCC2)N2CCNCC2)cc(O)c1O. The predicted octanol–water partition coefficient (Wildman–Crippen LogP) is 3.38. The summed E-state index contributed by atoms with van der Waals surface area (Å²) in [5.74, 6) is -0.623. The number of nitro benzene ring substituents is 1. The molecule has 1 saturated carbocycles. The lowest BCUT2D eigenvalue weighted by molar-refractivity contribution is -0.386. The minimum absolute atomic E-state index is 0. The molecule has 0 radical (unpaired) electrons. The molecule has 2 aliphatic rings. The van der Waals surface area contributed by atoms with Gasteiger partial charge in [0.15, 0.2) is 5.75 Å². The first-order valence-electron chi connectivity index (χ1n) is 8.73. The Morgan fingerprint density at radius 1 is 1.12 bits per heavy atom. The lowest BCUT2D eigenvalue weighted by atomic mass is 9.80. The van der Waals surface area contributed by atoms with Crippen LogP contribution in [-0.2, 0) is 0 Å². The summed E-state index contributed by atoms with van der Waals surface area (Å²) in [6.07, 6.45) is 5.80. The first-order valence-corrected chi connectivity index (χ1v) is 8.73. The fraction of sp³-hybridized carbons (Fsp3) is 0.647. The largest absolute Gasteiger partial charge is 0.504 e. The molecule has 26 heavy (non-hydrogen) atoms. The van der Waals surface area contributed by atoms with E-state index in [1.807, 2.05) is 0 Å². The van der Waals surface area contributed by atoms with Crippen molar-refractivity contribution in [1.29, 1.82) is 0 Å². The fourth-order valence-electron chi connectivity index (χ4n) is 4.13. The quantitative estimate of drug-likeness (QED) is 0.401. The van der Waals surface area contributed by atoms with E-state index < -0.39 is 22.1 Å². The molecule has 1 aromatic rings. The highest BCUT2D eigenvalue weighted by Crippen LogP contribution is 2.44. The number of nitrogens with one attached hydrogen (secondary N) is 1. The Balaban J connectivity index is 0.00000169. The third-order valence-corrected chi connectivity index (χ3v) is 5.27. The van der Waals surface area contributed by atoms with Gasteiger partial charge in [-0.25, -0.2) is 0 Å². The number of hydrogen-bond donors (Lipinski definition) is 3. The van der Waals surface area contributed by atoms with Crippen molar-refractivity contribution in [2.45, 2.75) is 38.1 Å². The zero-order chi connectivity index (χ0) is 17.1. The highest BCUT2D eigenvalue weighted by molar-refractivity contribution is 5.85. The van der Waals surface area contributed by atoms with Gasteiger partial charge in [-0.3, -0.25) is 15.0 Å². The van der Waals surface area contributed by atoms with Gasteiger partial charge in [0, 0.05) is 38.3 Å². The molecule has 1 heterocycles. The van der Waals surface area contributed by atoms with Crippen LogP contribution < -0.4 is 5.32 Å². The highest BCUT2D eigenvalue weighted by atomic mass is 35.5. The molecule has 1 atom stereocenters. The van der Waals surface area contributed by atoms with E-state index in [-0.39, 0.29) is 30.9 Å². The molecule has 3 N–H and O–H groups in total. The van der Waals surface area contributed by atoms with Crippen molar-refractivity contribution in [2.75, 3.05) is 26.2 Å². The molecular formula is C17H27Cl2N3O4. The average Bonchev–Trinajstić information content (AvgIpc) is 2.60. The molecular weight excluding hydrogens is 381 g/mol. The Morgan fingerprint density at radius 3 is 2.31 bits per heavy atom. The van der Waals surface area contributed by atoms with Gasteiger partial charge in [-0.2, -0.15) is 0 Å². The first kappa shape index (κ1) is 22.8. The van der Waals surface area contributed by atoms with Crippen LogP contribution in [0, 0.1) is 16.0 Å². The minimum Gasteiger partial charge on any atom is -0.504 e. The van der Waals surface area contributed by atoms with Crippen LogP contribution in [0.15, 0.2) is 12.1 Å². The van der Waals surface area contributed by atoms with Gasteiger partial charge in [-0.15, -0.1) is 24.8 Å². The zero-order valence-electron chi connectivity index (χ0n) is 14.6. The number of nitro groups is 1. The molecule has 9 heteroatoms. The lowest BCUT2D eigenvalue weighted by Gasteiger charge is -2.41. The average molecular weight is 408 g/mol. The predicted molar refractivity (Wildman–Crippen MR) is 105 cm³/mol. The Kier molecular flexibility index (Phi) is 8.89. The van der Waals surface area contributed by atoms with Gasteiger partial charge >= 0.3 is 5.69 Å². The third-order valence-electron chi connectivity index (χ3n) is 5.27. The molecule has 148 valence electrons. The van der Waals surface area contributed by atoms with Crippen molar-refractivity contribution in [3.8, 4) is 11.5 Å². The number of halogens is 2. The van der Waals surface area contributed by atoms with Gasteiger partial charge in [0.1, 0.15) is 0 Å². The number of rotatable bonds is 4. The van der Waals surface area contributed by atoms with Gasteiger partial charge in [-0.05, 0) is 30.4 Å². The summed E-state index contributed by atoms with van der Waals surface area (Å²) < 4.78 is 0. The summed E-state index contributed by atoms with van der Waals surface area (Å²) >= 11 is 0. The van der Waals surface area contributed by atoms with Crippen LogP contribution >= 0.6 is 24.8 Å². The normalized spacial score (nSPS) is 19.8. The van der Waals surface area contributed by atoms with Gasteiger partial charge in [0.2, 0.25) is 5.75 Å². The zero-order valence-corrected chi connectivity index (χ0v) is 16.2. The second-order valence-electron chi connectivity index (χ2n) is 6.79. The van der Waals surface area contributed by atoms with E-state index in [9.17, 15) is 20.3 Å². The molecule has 0 bridgehead atoms. The summed E-state index contributed by atoms with van der Waals surface area (Å²) in [4.78, 5) is 12.9. The highest BCUT2D eigenvalue weighted by Gasteiger charge is 2.33. The van der Waals surface area contributed by atoms with E-state index in [4.69, 9.17) is 0 Å². The van der Waals surface area contributed by atoms with Crippen LogP contribution in [0.25, 0.3) is 0 Å². The Morgan fingerprint density at radius 2 is 1.73 bits per heavy atom. The molecule has 0 amide bonds. The Labute approximate surface area is 165 Å². The standard InChI is InChI=1S/C17H25N3O4.2ClH/c21-15-11-13(10-14(17(15)22)20(23)24)16(12-4-2-1-3-5-12)19-8-6-18-7-9-19;;/h10-12,16,18,21-22H,1-9H2;2*1H/t16-;;/m1../s1. The molecule has 1 aliphatic carbocycles. The second-order valence-corrected chi connectivity index (χ2v) is 6.79. The molecule has 7 nitrogen and oxygen atoms in total. The fourth-order valence-corrected chi connectivity index (χ4v) is 4.13. The molecule has 1 aliphatic heterocycles. The number of phenolic OH excluding ortho intramolecular Hbond substituents is 2. The van der Waals surface area contributed by atoms with Crippen molar-refractivity contribution in [3.63, 3.8) is 0 Å². The van der Waals surface area contributed by atoms with Crippen molar-refractivity contribution in [2.24, 2.45) is 5.92 Å². The number of piperazine rings is 1. The van der Waals surface area contributed by atoms with E-state index >= 15 is 0 Å². The summed E-state index contributed by atoms with van der Waals surface area (Å²) in [5, 5.41) is 34.3. The maximum Gasteiger partial charge on any atom is 0.314 e. The number of aromatic hydroxyl groups is 2. The third kappa shape index (κ3) is 4.91. The molecule has 1 saturated heterocycles. The van der Waals surface area contributed by atoms with Crippen LogP contribution in [-0.4, -0.2) is 46.2 Å². The van der Waals surface area contributed by atoms with E-state index in [2.05, 4.69) is 10.2 Å². The van der Waals surface area contributed by atoms with Crippen LogP contribution in [0.1, 0.15) is 43.7 Å². The summed E-state index contributed by atoms with van der Waals surface area (Å²) in [7, 11) is 0. The summed E-state index contributed by atoms with van der Waals surface area (Å²) in [6, 6.07) is 3.00. The molecule has 3 rings (SSSR count). The van der Waals surface area contributed by atoms with Crippen molar-refractivity contribution < 1.29 is 15.1 Å². The lowest BCUT2D eigenvalue weighted by Crippen LogP contribution is -2.47. The number of phenols is 2. The van der Waals surface area contributed by atoms with Crippen LogP contribution in [0.3, 0.4) is 0 Å². The van der Waals surface area contributed by atoms with Gasteiger partial charge in [0.05, 0.1) is 4.92 Å². The summed E-state index contributed by atoms with van der Waals surface area (Å²) in [6.45, 7) is 3.57. The van der Waals surface area contributed by atoms with Gasteiger partial charge in [-0.1, -0.05) is 19.3 Å². The van der Waals surface area contributed by atoms with Crippen LogP contribution in [0.5, 0.6) is 11.5 Å². The Bertz CT molecular complexity index is 588. The van der Waals surface area contributed by atoms with Crippen molar-refractivity contribution in [3.05, 3.63) is 27.8 Å². The van der Waals surface area contributed by atoms with Crippen LogP contribution in [0.2, 0.25) is 0 Å². The van der Waals surface area contributed by atoms with Crippen molar-refractivity contribution >= 4 is 30.5 Å². The van der Waals surface area contributed by atoms with E-state index in [0.29, 0.717) is 5.92 Å². The van der Waals surface area contributed by atoms with Crippen LogP contribution in [0.4, 0.5) is 5.69 Å². The van der Waals surface area contributed by atoms with E-state index in [1.54, 1.807) is 0 Å². The monoisotopic (exact) mass is 407 g/mol. The smallest absolute Gasteiger partial charge is 0.314 e. The van der Waals surface area contributed by atoms with Gasteiger partial charge < -0.3 is 15.5 Å². The minimum atomic E-state index is -0.647. The number of benzene rings is 1. The molecule has 0 spiro atoms. The molecule has 1 aromatic carbocycles. The second kappa shape index (κ2) is 10.2. The summed E-state index contributed by atoms with van der Waals surface area (Å²) in [5.41, 5.74) is 0.326. The van der Waals surface area contributed by atoms with E-state index in [0.717, 1.165) is 44.6 Å². The molecule has 2 fully saturated rings. The Hall–Kier alpha value is -1.28. The van der Waals surface area contributed by atoms with Gasteiger partial charge in [0.25, 0.3) is 0 Å². The van der Waals surface area contributed by atoms with Crippen molar-refractivity contribution in [1.82, 2.24) is 10.2 Å². The first-order chi connectivity index (χ1) is 11.6. The number of nitrogens with zero attached hydrogens (tertiary/aromatic N) is 2. The topological polar surface area (TPSA) is 98.9 Å². The maximum absolute atomic E-state index is 11.2. The molecule has 0 unspecified atom stereocenters. The van der Waals surface area contributed by atoms with E-state index in [1.165, 1.54) is 31.4 Å².